The minimum Gasteiger partial charge on any atom is -0.506 e. The third kappa shape index (κ3) is 3.50. The summed E-state index contributed by atoms with van der Waals surface area (Å²) in [6.45, 7) is 2.54. The second-order valence-corrected chi connectivity index (χ2v) is 7.31. The van der Waals surface area contributed by atoms with Crippen LogP contribution in [0.25, 0.3) is 0 Å². The van der Waals surface area contributed by atoms with Crippen LogP contribution in [-0.2, 0) is 16.4 Å². The van der Waals surface area contributed by atoms with E-state index in [2.05, 4.69) is 10.9 Å². The molecule has 1 saturated heterocycles. The normalized spacial score (nSPS) is 20.9. The van der Waals surface area contributed by atoms with E-state index < -0.39 is 9.84 Å². The Morgan fingerprint density at radius 2 is 2.30 bits per heavy atom. The highest BCUT2D eigenvalue weighted by Gasteiger charge is 2.32. The van der Waals surface area contributed by atoms with Gasteiger partial charge in [-0.15, -0.1) is 6.42 Å². The Kier molecular flexibility index (Phi) is 4.31. The van der Waals surface area contributed by atoms with Gasteiger partial charge in [-0.05, 0) is 25.5 Å². The number of nitrogens with zero attached hydrogens (tertiary/aromatic N) is 2. The summed E-state index contributed by atoms with van der Waals surface area (Å²) in [6, 6.07) is 3.22. The fourth-order valence-corrected chi connectivity index (χ4v) is 4.17. The van der Waals surface area contributed by atoms with Crippen LogP contribution >= 0.6 is 0 Å². The van der Waals surface area contributed by atoms with Crippen molar-refractivity contribution in [1.82, 2.24) is 9.88 Å². The van der Waals surface area contributed by atoms with Crippen LogP contribution in [0.3, 0.4) is 0 Å². The molecule has 108 valence electrons. The number of aromatic nitrogens is 1. The molecule has 6 heteroatoms. The molecular weight excluding hydrogens is 276 g/mol. The van der Waals surface area contributed by atoms with Gasteiger partial charge in [0.1, 0.15) is 5.75 Å². The zero-order valence-corrected chi connectivity index (χ0v) is 12.2. The van der Waals surface area contributed by atoms with Crippen molar-refractivity contribution in [2.75, 3.05) is 18.1 Å². The molecule has 1 aliphatic rings. The van der Waals surface area contributed by atoms with Gasteiger partial charge in [-0.25, -0.2) is 8.42 Å². The maximum absolute atomic E-state index is 11.6. The third-order valence-corrected chi connectivity index (χ3v) is 5.21. The maximum Gasteiger partial charge on any atom is 0.151 e. The van der Waals surface area contributed by atoms with Crippen LogP contribution < -0.4 is 0 Å². The molecule has 0 aliphatic carbocycles. The summed E-state index contributed by atoms with van der Waals surface area (Å²) in [6.07, 6.45) is 5.94. The van der Waals surface area contributed by atoms with Gasteiger partial charge >= 0.3 is 0 Å². The van der Waals surface area contributed by atoms with Crippen molar-refractivity contribution in [3.05, 3.63) is 23.5 Å². The van der Waals surface area contributed by atoms with Gasteiger partial charge in [0, 0.05) is 18.3 Å². The van der Waals surface area contributed by atoms with Crippen molar-refractivity contribution in [1.29, 1.82) is 0 Å². The van der Waals surface area contributed by atoms with E-state index in [1.54, 1.807) is 12.1 Å². The van der Waals surface area contributed by atoms with Crippen LogP contribution in [-0.4, -0.2) is 47.5 Å². The Balaban J connectivity index is 2.18. The maximum atomic E-state index is 11.6. The molecule has 1 aliphatic heterocycles. The van der Waals surface area contributed by atoms with Crippen LogP contribution in [0.2, 0.25) is 0 Å². The molecule has 0 saturated carbocycles. The Labute approximate surface area is 119 Å². The number of hydrogen-bond acceptors (Lipinski definition) is 5. The Hall–Kier alpha value is -1.58. The first-order valence-electron chi connectivity index (χ1n) is 6.45. The predicted octanol–water partition coefficient (Wildman–Crippen LogP) is 0.718. The van der Waals surface area contributed by atoms with Gasteiger partial charge in [0.2, 0.25) is 0 Å². The van der Waals surface area contributed by atoms with Gasteiger partial charge < -0.3 is 5.11 Å². The zero-order chi connectivity index (χ0) is 14.8. The number of aromatic hydroxyl groups is 1. The number of sulfone groups is 1. The third-order valence-electron chi connectivity index (χ3n) is 3.46. The van der Waals surface area contributed by atoms with Crippen molar-refractivity contribution in [3.63, 3.8) is 0 Å². The van der Waals surface area contributed by atoms with E-state index in [0.29, 0.717) is 25.2 Å². The molecule has 1 fully saturated rings. The fourth-order valence-electron chi connectivity index (χ4n) is 2.41. The monoisotopic (exact) mass is 294 g/mol. The van der Waals surface area contributed by atoms with Crippen LogP contribution in [0.1, 0.15) is 17.8 Å². The van der Waals surface area contributed by atoms with Gasteiger partial charge in [0.15, 0.2) is 9.84 Å². The standard InChI is InChI=1S/C14H18N2O3S/c1-3-7-16(12-6-8-20(18,19)10-12)9-13-14(17)5-4-11(2)15-13/h1,4-5,12,17H,6-10H2,2H3/t12-/m0/s1. The van der Waals surface area contributed by atoms with Gasteiger partial charge in [-0.1, -0.05) is 5.92 Å². The molecule has 0 spiro atoms. The molecule has 0 amide bonds. The molecule has 2 heterocycles. The van der Waals surface area contributed by atoms with Crippen molar-refractivity contribution >= 4 is 9.84 Å². The van der Waals surface area contributed by atoms with Crippen molar-refractivity contribution < 1.29 is 13.5 Å². The van der Waals surface area contributed by atoms with Crippen LogP contribution in [0, 0.1) is 19.3 Å². The largest absolute Gasteiger partial charge is 0.506 e. The van der Waals surface area contributed by atoms with Crippen molar-refractivity contribution in [2.24, 2.45) is 0 Å². The first-order valence-corrected chi connectivity index (χ1v) is 8.27. The summed E-state index contributed by atoms with van der Waals surface area (Å²) in [4.78, 5) is 6.19. The van der Waals surface area contributed by atoms with E-state index >= 15 is 0 Å². The van der Waals surface area contributed by atoms with Crippen molar-refractivity contribution in [2.45, 2.75) is 25.9 Å². The SMILES string of the molecule is C#CCN(Cc1nc(C)ccc1O)[C@H]1CCS(=O)(=O)C1. The summed E-state index contributed by atoms with van der Waals surface area (Å²) >= 11 is 0. The second kappa shape index (κ2) is 5.81. The second-order valence-electron chi connectivity index (χ2n) is 5.08. The number of hydrogen-bond donors (Lipinski definition) is 1. The summed E-state index contributed by atoms with van der Waals surface area (Å²) < 4.78 is 23.2. The minimum absolute atomic E-state index is 0.0993. The molecule has 1 N–H and O–H groups in total. The average Bonchev–Trinajstić information content (AvgIpc) is 2.73. The van der Waals surface area contributed by atoms with Crippen LogP contribution in [0.4, 0.5) is 0 Å². The van der Waals surface area contributed by atoms with E-state index in [0.717, 1.165) is 5.69 Å². The first kappa shape index (κ1) is 14.8. The van der Waals surface area contributed by atoms with E-state index in [9.17, 15) is 13.5 Å². The lowest BCUT2D eigenvalue weighted by Crippen LogP contribution is -2.36. The Morgan fingerprint density at radius 1 is 1.55 bits per heavy atom. The highest BCUT2D eigenvalue weighted by atomic mass is 32.2. The molecule has 1 aromatic heterocycles. The molecular formula is C14H18N2O3S. The quantitative estimate of drug-likeness (QED) is 0.829. The minimum atomic E-state index is -2.96. The fraction of sp³-hybridized carbons (Fsp3) is 0.500. The summed E-state index contributed by atoms with van der Waals surface area (Å²) in [5.74, 6) is 2.98. The molecule has 0 radical (unpaired) electrons. The van der Waals surface area contributed by atoms with Crippen molar-refractivity contribution in [3.8, 4) is 18.1 Å². The van der Waals surface area contributed by atoms with Crippen LogP contribution in [0.15, 0.2) is 12.1 Å². The Morgan fingerprint density at radius 3 is 2.90 bits per heavy atom. The van der Waals surface area contributed by atoms with Crippen LogP contribution in [0.5, 0.6) is 5.75 Å². The predicted molar refractivity (Wildman–Crippen MR) is 76.9 cm³/mol. The molecule has 0 unspecified atom stereocenters. The molecule has 5 nitrogen and oxygen atoms in total. The highest BCUT2D eigenvalue weighted by molar-refractivity contribution is 7.91. The average molecular weight is 294 g/mol. The summed E-state index contributed by atoms with van der Waals surface area (Å²) in [5, 5.41) is 9.84. The smallest absolute Gasteiger partial charge is 0.151 e. The first-order chi connectivity index (χ1) is 9.41. The molecule has 0 bridgehead atoms. The van der Waals surface area contributed by atoms with E-state index in [4.69, 9.17) is 6.42 Å². The van der Waals surface area contributed by atoms with Gasteiger partial charge in [0.25, 0.3) is 0 Å². The van der Waals surface area contributed by atoms with Gasteiger partial charge in [-0.3, -0.25) is 9.88 Å². The summed E-state index contributed by atoms with van der Waals surface area (Å²) in [5.41, 5.74) is 1.34. The van der Waals surface area contributed by atoms with E-state index in [-0.39, 0.29) is 23.3 Å². The van der Waals surface area contributed by atoms with E-state index in [1.807, 2.05) is 11.8 Å². The van der Waals surface area contributed by atoms with Gasteiger partial charge in [0.05, 0.1) is 23.7 Å². The van der Waals surface area contributed by atoms with E-state index in [1.165, 1.54) is 0 Å². The number of terminal acetylenes is 1. The highest BCUT2D eigenvalue weighted by Crippen LogP contribution is 2.22. The molecule has 20 heavy (non-hydrogen) atoms. The summed E-state index contributed by atoms with van der Waals surface area (Å²) in [7, 11) is -2.96. The lowest BCUT2D eigenvalue weighted by Gasteiger charge is -2.25. The molecule has 0 aromatic carbocycles. The Bertz CT molecular complexity index is 634. The van der Waals surface area contributed by atoms with Gasteiger partial charge in [-0.2, -0.15) is 0 Å². The molecule has 1 atom stereocenters. The number of pyridine rings is 1. The molecule has 2 rings (SSSR count). The lowest BCUT2D eigenvalue weighted by molar-refractivity contribution is 0.224. The topological polar surface area (TPSA) is 70.5 Å². The zero-order valence-electron chi connectivity index (χ0n) is 11.4. The molecule has 1 aromatic rings. The number of rotatable bonds is 4. The number of aryl methyl sites for hydroxylation is 1. The lowest BCUT2D eigenvalue weighted by atomic mass is 10.2.